The van der Waals surface area contributed by atoms with Gasteiger partial charge in [0.2, 0.25) is 0 Å². The molecule has 0 aliphatic carbocycles. The van der Waals surface area contributed by atoms with Crippen molar-refractivity contribution in [1.82, 2.24) is 19.7 Å². The number of nitrogens with zero attached hydrogens (tertiary/aromatic N) is 6. The summed E-state index contributed by atoms with van der Waals surface area (Å²) in [6, 6.07) is 3.00. The maximum absolute atomic E-state index is 15.2. The Kier molecular flexibility index (Phi) is 4.69. The third-order valence-corrected chi connectivity index (χ3v) is 4.85. The fourth-order valence-corrected chi connectivity index (χ4v) is 3.69. The minimum absolute atomic E-state index is 0.0854. The van der Waals surface area contributed by atoms with Crippen molar-refractivity contribution < 1.29 is 13.2 Å². The Hall–Kier alpha value is -2.15. The predicted octanol–water partition coefficient (Wildman–Crippen LogP) is 3.25. The Morgan fingerprint density at radius 2 is 2.04 bits per heavy atom. The molecule has 1 aliphatic heterocycles. The summed E-state index contributed by atoms with van der Waals surface area (Å²) >= 11 is 3.16. The van der Waals surface area contributed by atoms with E-state index in [0.29, 0.717) is 18.8 Å². The molecule has 0 radical (unpaired) electrons. The highest BCUT2D eigenvalue weighted by Crippen LogP contribution is 2.39. The van der Waals surface area contributed by atoms with E-state index >= 15 is 4.39 Å². The van der Waals surface area contributed by atoms with E-state index in [1.54, 1.807) is 16.5 Å². The van der Waals surface area contributed by atoms with Gasteiger partial charge in [0.15, 0.2) is 11.5 Å². The molecule has 3 heterocycles. The number of rotatable bonds is 3. The van der Waals surface area contributed by atoms with Gasteiger partial charge >= 0.3 is 0 Å². The summed E-state index contributed by atoms with van der Waals surface area (Å²) in [6.45, 7) is 0.596. The summed E-state index contributed by atoms with van der Waals surface area (Å²) < 4.78 is 42.6. The molecule has 1 saturated heterocycles. The van der Waals surface area contributed by atoms with Crippen LogP contribution >= 0.6 is 15.9 Å². The second-order valence-corrected chi connectivity index (χ2v) is 6.62. The number of pyridine rings is 1. The van der Waals surface area contributed by atoms with E-state index in [0.717, 1.165) is 6.07 Å². The van der Waals surface area contributed by atoms with Gasteiger partial charge < -0.3 is 9.47 Å². The van der Waals surface area contributed by atoms with Gasteiger partial charge in [0, 0.05) is 33.0 Å². The van der Waals surface area contributed by atoms with E-state index in [1.165, 1.54) is 6.33 Å². The van der Waals surface area contributed by atoms with Crippen molar-refractivity contribution in [2.24, 2.45) is 7.05 Å². The SMILES string of the molecule is Cn1cnnc1C1(F)CCN(c2c(C#N)cc(C(F)F)nc2Br)CC1. The van der Waals surface area contributed by atoms with Crippen molar-refractivity contribution in [2.45, 2.75) is 24.9 Å². The molecule has 3 rings (SSSR count). The zero-order valence-electron chi connectivity index (χ0n) is 13.3. The van der Waals surface area contributed by atoms with Gasteiger partial charge in [-0.15, -0.1) is 10.2 Å². The molecular weight excluding hydrogens is 401 g/mol. The third kappa shape index (κ3) is 3.20. The molecule has 6 nitrogen and oxygen atoms in total. The maximum Gasteiger partial charge on any atom is 0.280 e. The van der Waals surface area contributed by atoms with Crippen LogP contribution in [0.3, 0.4) is 0 Å². The smallest absolute Gasteiger partial charge is 0.280 e. The Bertz CT molecular complexity index is 823. The minimum Gasteiger partial charge on any atom is -0.368 e. The number of nitriles is 1. The summed E-state index contributed by atoms with van der Waals surface area (Å²) in [7, 11) is 1.68. The van der Waals surface area contributed by atoms with Gasteiger partial charge in [0.25, 0.3) is 6.43 Å². The first-order chi connectivity index (χ1) is 11.9. The molecule has 1 fully saturated rings. The molecule has 132 valence electrons. The second kappa shape index (κ2) is 6.63. The Morgan fingerprint density at radius 1 is 1.36 bits per heavy atom. The van der Waals surface area contributed by atoms with E-state index in [-0.39, 0.29) is 28.8 Å². The minimum atomic E-state index is -2.77. The van der Waals surface area contributed by atoms with E-state index < -0.39 is 17.8 Å². The van der Waals surface area contributed by atoms with Crippen LogP contribution in [0.25, 0.3) is 0 Å². The monoisotopic (exact) mass is 414 g/mol. The Balaban J connectivity index is 1.86. The van der Waals surface area contributed by atoms with Crippen molar-refractivity contribution in [3.63, 3.8) is 0 Å². The van der Waals surface area contributed by atoms with Crippen LogP contribution in [0.5, 0.6) is 0 Å². The Labute approximate surface area is 150 Å². The number of halogens is 4. The molecule has 0 saturated carbocycles. The van der Waals surface area contributed by atoms with Gasteiger partial charge in [-0.3, -0.25) is 0 Å². The molecule has 0 unspecified atom stereocenters. The standard InChI is InChI=1S/C15H14BrF3N6/c1-24-8-21-23-14(24)15(19)2-4-25(5-3-15)11-9(7-20)6-10(13(17)18)22-12(11)16/h6,8,13H,2-5H2,1H3. The van der Waals surface area contributed by atoms with E-state index in [9.17, 15) is 14.0 Å². The van der Waals surface area contributed by atoms with Gasteiger partial charge in [-0.25, -0.2) is 18.2 Å². The third-order valence-electron chi connectivity index (χ3n) is 4.30. The lowest BCUT2D eigenvalue weighted by atomic mass is 9.92. The largest absolute Gasteiger partial charge is 0.368 e. The number of anilines is 1. The molecule has 0 amide bonds. The maximum atomic E-state index is 15.2. The molecular formula is C15H14BrF3N6. The van der Waals surface area contributed by atoms with Gasteiger partial charge in [-0.2, -0.15) is 5.26 Å². The molecule has 0 aromatic carbocycles. The van der Waals surface area contributed by atoms with Gasteiger partial charge in [0.05, 0.1) is 11.3 Å². The average Bonchev–Trinajstić information content (AvgIpc) is 3.02. The van der Waals surface area contributed by atoms with Crippen molar-refractivity contribution >= 4 is 21.6 Å². The van der Waals surface area contributed by atoms with Crippen LogP contribution < -0.4 is 4.90 Å². The van der Waals surface area contributed by atoms with Crippen LogP contribution in [0.2, 0.25) is 0 Å². The molecule has 2 aromatic heterocycles. The highest BCUT2D eigenvalue weighted by molar-refractivity contribution is 9.10. The van der Waals surface area contributed by atoms with Crippen molar-refractivity contribution in [1.29, 1.82) is 5.26 Å². The summed E-state index contributed by atoms with van der Waals surface area (Å²) in [5.74, 6) is 0.262. The lowest BCUT2D eigenvalue weighted by Gasteiger charge is -2.37. The first-order valence-corrected chi connectivity index (χ1v) is 8.32. The normalized spacial score (nSPS) is 16.9. The van der Waals surface area contributed by atoms with Crippen molar-refractivity contribution in [2.75, 3.05) is 18.0 Å². The fourth-order valence-electron chi connectivity index (χ4n) is 3.02. The first kappa shape index (κ1) is 17.7. The molecule has 0 bridgehead atoms. The molecule has 25 heavy (non-hydrogen) atoms. The van der Waals surface area contributed by atoms with Crippen LogP contribution in [0.4, 0.5) is 18.9 Å². The first-order valence-electron chi connectivity index (χ1n) is 7.53. The van der Waals surface area contributed by atoms with Crippen LogP contribution in [-0.2, 0) is 12.7 Å². The van der Waals surface area contributed by atoms with Gasteiger partial charge in [-0.05, 0) is 22.0 Å². The van der Waals surface area contributed by atoms with Crippen molar-refractivity contribution in [3.05, 3.63) is 34.1 Å². The summed E-state index contributed by atoms with van der Waals surface area (Å²) in [5, 5.41) is 16.9. The van der Waals surface area contributed by atoms with Gasteiger partial charge in [0.1, 0.15) is 22.7 Å². The fraction of sp³-hybridized carbons (Fsp3) is 0.467. The van der Waals surface area contributed by atoms with Crippen LogP contribution in [-0.4, -0.2) is 32.8 Å². The molecule has 0 N–H and O–H groups in total. The van der Waals surface area contributed by atoms with E-state index in [1.807, 2.05) is 6.07 Å². The molecule has 1 aliphatic rings. The number of aromatic nitrogens is 4. The zero-order chi connectivity index (χ0) is 18.2. The number of alkyl halides is 3. The van der Waals surface area contributed by atoms with E-state index in [4.69, 9.17) is 0 Å². The highest BCUT2D eigenvalue weighted by atomic mass is 79.9. The highest BCUT2D eigenvalue weighted by Gasteiger charge is 2.41. The van der Waals surface area contributed by atoms with Crippen LogP contribution in [0, 0.1) is 11.3 Å². The predicted molar refractivity (Wildman–Crippen MR) is 86.8 cm³/mol. The van der Waals surface area contributed by atoms with Crippen LogP contribution in [0.15, 0.2) is 17.0 Å². The van der Waals surface area contributed by atoms with E-state index in [2.05, 4.69) is 31.1 Å². The number of hydrogen-bond acceptors (Lipinski definition) is 5. The van der Waals surface area contributed by atoms with Gasteiger partial charge in [-0.1, -0.05) is 0 Å². The lowest BCUT2D eigenvalue weighted by Crippen LogP contribution is -2.42. The molecule has 0 spiro atoms. The number of aryl methyl sites for hydroxylation is 1. The molecule has 2 aromatic rings. The second-order valence-electron chi connectivity index (χ2n) is 5.86. The Morgan fingerprint density at radius 3 is 2.56 bits per heavy atom. The number of piperidine rings is 1. The van der Waals surface area contributed by atoms with Crippen LogP contribution in [0.1, 0.15) is 36.3 Å². The zero-order valence-corrected chi connectivity index (χ0v) is 14.8. The summed E-state index contributed by atoms with van der Waals surface area (Å²) in [4.78, 5) is 5.59. The topological polar surface area (TPSA) is 70.6 Å². The number of hydrogen-bond donors (Lipinski definition) is 0. The van der Waals surface area contributed by atoms with Crippen molar-refractivity contribution in [3.8, 4) is 6.07 Å². The molecule has 0 atom stereocenters. The molecule has 10 heteroatoms. The average molecular weight is 415 g/mol. The summed E-state index contributed by atoms with van der Waals surface area (Å²) in [5.41, 5.74) is -1.59. The summed E-state index contributed by atoms with van der Waals surface area (Å²) in [6.07, 6.45) is -1.03. The quantitative estimate of drug-likeness (QED) is 0.720. The lowest BCUT2D eigenvalue weighted by molar-refractivity contribution is 0.109.